The van der Waals surface area contributed by atoms with Crippen molar-refractivity contribution >= 4 is 27.7 Å². The average molecular weight is 289 g/mol. The highest BCUT2D eigenvalue weighted by Gasteiger charge is 2.08. The van der Waals surface area contributed by atoms with Gasteiger partial charge in [0.05, 0.1) is 6.10 Å². The van der Waals surface area contributed by atoms with Gasteiger partial charge in [0, 0.05) is 9.37 Å². The molecule has 0 saturated heterocycles. The Hall–Kier alpha value is 0.01000. The maximum atomic E-state index is 9.62. The summed E-state index contributed by atoms with van der Waals surface area (Å²) in [6, 6.07) is 6.05. The van der Waals surface area contributed by atoms with E-state index in [-0.39, 0.29) is 6.10 Å². The summed E-state index contributed by atoms with van der Waals surface area (Å²) in [7, 11) is 0. The van der Waals surface area contributed by atoms with Gasteiger partial charge in [0.15, 0.2) is 0 Å². The first-order chi connectivity index (χ1) is 7.15. The molecule has 1 aromatic rings. The van der Waals surface area contributed by atoms with Gasteiger partial charge in [0.25, 0.3) is 0 Å². The van der Waals surface area contributed by atoms with Crippen molar-refractivity contribution in [3.05, 3.63) is 28.2 Å². The third-order valence-corrected chi connectivity index (χ3v) is 3.83. The van der Waals surface area contributed by atoms with Crippen LogP contribution in [0.2, 0.25) is 0 Å². The van der Waals surface area contributed by atoms with Crippen molar-refractivity contribution in [3.8, 4) is 0 Å². The highest BCUT2D eigenvalue weighted by atomic mass is 79.9. The summed E-state index contributed by atoms with van der Waals surface area (Å²) in [5.74, 6) is 1.12. The molecule has 1 rings (SSSR count). The summed E-state index contributed by atoms with van der Waals surface area (Å²) in [4.78, 5) is 1.19. The molecular formula is C12H17BrOS. The molecule has 84 valence electrons. The second-order valence-corrected chi connectivity index (χ2v) is 5.61. The van der Waals surface area contributed by atoms with Crippen molar-refractivity contribution in [2.24, 2.45) is 0 Å². The molecule has 0 aliphatic rings. The topological polar surface area (TPSA) is 20.2 Å². The SMILES string of the molecule is CCCCSc1cc(Br)ccc1C(C)O. The van der Waals surface area contributed by atoms with E-state index in [2.05, 4.69) is 28.9 Å². The third-order valence-electron chi connectivity index (χ3n) is 2.18. The summed E-state index contributed by atoms with van der Waals surface area (Å²) in [5, 5.41) is 9.62. The third kappa shape index (κ3) is 4.17. The van der Waals surface area contributed by atoms with Crippen LogP contribution in [0.1, 0.15) is 38.4 Å². The van der Waals surface area contributed by atoms with Gasteiger partial charge in [-0.25, -0.2) is 0 Å². The fourth-order valence-electron chi connectivity index (χ4n) is 1.30. The van der Waals surface area contributed by atoms with Crippen LogP contribution in [-0.2, 0) is 0 Å². The monoisotopic (exact) mass is 288 g/mol. The lowest BCUT2D eigenvalue weighted by atomic mass is 10.1. The fraction of sp³-hybridized carbons (Fsp3) is 0.500. The van der Waals surface area contributed by atoms with E-state index in [1.54, 1.807) is 0 Å². The normalized spacial score (nSPS) is 12.8. The molecule has 0 saturated carbocycles. The second-order valence-electron chi connectivity index (χ2n) is 3.56. The van der Waals surface area contributed by atoms with Crippen LogP contribution in [0.15, 0.2) is 27.6 Å². The van der Waals surface area contributed by atoms with Gasteiger partial charge in [-0.05, 0) is 36.8 Å². The smallest absolute Gasteiger partial charge is 0.0772 e. The zero-order valence-electron chi connectivity index (χ0n) is 9.16. The summed E-state index contributed by atoms with van der Waals surface area (Å²) in [6.45, 7) is 4.00. The van der Waals surface area contributed by atoms with Gasteiger partial charge in [-0.2, -0.15) is 0 Å². The van der Waals surface area contributed by atoms with E-state index in [9.17, 15) is 5.11 Å². The lowest BCUT2D eigenvalue weighted by Crippen LogP contribution is -1.94. The molecule has 0 bridgehead atoms. The van der Waals surface area contributed by atoms with E-state index in [4.69, 9.17) is 0 Å². The summed E-state index contributed by atoms with van der Waals surface area (Å²) < 4.78 is 1.07. The van der Waals surface area contributed by atoms with Crippen molar-refractivity contribution in [2.75, 3.05) is 5.75 Å². The highest BCUT2D eigenvalue weighted by molar-refractivity contribution is 9.10. The first-order valence-corrected chi connectivity index (χ1v) is 7.03. The van der Waals surface area contributed by atoms with Crippen LogP contribution >= 0.6 is 27.7 Å². The molecule has 0 heterocycles. The number of unbranched alkanes of at least 4 members (excludes halogenated alkanes) is 1. The Labute approximate surface area is 104 Å². The molecule has 0 radical (unpaired) electrons. The number of halogens is 1. The van der Waals surface area contributed by atoms with E-state index in [0.717, 1.165) is 15.8 Å². The molecule has 0 aliphatic heterocycles. The van der Waals surface area contributed by atoms with Crippen molar-refractivity contribution in [3.63, 3.8) is 0 Å². The molecule has 0 amide bonds. The lowest BCUT2D eigenvalue weighted by Gasteiger charge is -2.11. The van der Waals surface area contributed by atoms with Gasteiger partial charge in [-0.3, -0.25) is 0 Å². The zero-order valence-corrected chi connectivity index (χ0v) is 11.6. The molecule has 0 spiro atoms. The van der Waals surface area contributed by atoms with E-state index in [0.29, 0.717) is 0 Å². The van der Waals surface area contributed by atoms with Crippen LogP contribution in [0.3, 0.4) is 0 Å². The maximum absolute atomic E-state index is 9.62. The van der Waals surface area contributed by atoms with Gasteiger partial charge >= 0.3 is 0 Å². The van der Waals surface area contributed by atoms with Crippen molar-refractivity contribution in [2.45, 2.75) is 37.7 Å². The molecule has 1 unspecified atom stereocenters. The zero-order chi connectivity index (χ0) is 11.3. The molecular weight excluding hydrogens is 272 g/mol. The van der Waals surface area contributed by atoms with Crippen LogP contribution in [0, 0.1) is 0 Å². The Morgan fingerprint density at radius 2 is 2.20 bits per heavy atom. The molecule has 1 nitrogen and oxygen atoms in total. The molecule has 0 aromatic heterocycles. The Balaban J connectivity index is 2.77. The van der Waals surface area contributed by atoms with Crippen LogP contribution in [-0.4, -0.2) is 10.9 Å². The van der Waals surface area contributed by atoms with Crippen molar-refractivity contribution in [1.29, 1.82) is 0 Å². The number of rotatable bonds is 5. The van der Waals surface area contributed by atoms with Gasteiger partial charge in [0.1, 0.15) is 0 Å². The molecule has 1 atom stereocenters. The fourth-order valence-corrected chi connectivity index (χ4v) is 3.09. The van der Waals surface area contributed by atoms with Crippen LogP contribution in [0.5, 0.6) is 0 Å². The number of benzene rings is 1. The van der Waals surface area contributed by atoms with Gasteiger partial charge < -0.3 is 5.11 Å². The Kier molecular flexibility index (Phi) is 5.72. The largest absolute Gasteiger partial charge is 0.389 e. The molecule has 1 aromatic carbocycles. The number of aliphatic hydroxyl groups excluding tert-OH is 1. The average Bonchev–Trinajstić information content (AvgIpc) is 2.18. The van der Waals surface area contributed by atoms with Crippen molar-refractivity contribution < 1.29 is 5.11 Å². The molecule has 1 N–H and O–H groups in total. The second kappa shape index (κ2) is 6.56. The van der Waals surface area contributed by atoms with E-state index in [1.807, 2.05) is 30.8 Å². The predicted molar refractivity (Wildman–Crippen MR) is 70.4 cm³/mol. The number of hydrogen-bond donors (Lipinski definition) is 1. The molecule has 15 heavy (non-hydrogen) atoms. The number of thioether (sulfide) groups is 1. The summed E-state index contributed by atoms with van der Waals surface area (Å²) in [5.41, 5.74) is 1.03. The summed E-state index contributed by atoms with van der Waals surface area (Å²) >= 11 is 5.28. The predicted octanol–water partition coefficient (Wildman–Crippen LogP) is 4.39. The first kappa shape index (κ1) is 13.1. The lowest BCUT2D eigenvalue weighted by molar-refractivity contribution is 0.196. The Bertz CT molecular complexity index is 312. The number of aliphatic hydroxyl groups is 1. The van der Waals surface area contributed by atoms with Gasteiger partial charge in [-0.1, -0.05) is 35.3 Å². The quantitative estimate of drug-likeness (QED) is 0.640. The van der Waals surface area contributed by atoms with Crippen LogP contribution in [0.4, 0.5) is 0 Å². The van der Waals surface area contributed by atoms with Crippen LogP contribution in [0.25, 0.3) is 0 Å². The van der Waals surface area contributed by atoms with E-state index < -0.39 is 0 Å². The molecule has 0 aliphatic carbocycles. The first-order valence-electron chi connectivity index (χ1n) is 5.25. The molecule has 3 heteroatoms. The van der Waals surface area contributed by atoms with Gasteiger partial charge in [-0.15, -0.1) is 11.8 Å². The van der Waals surface area contributed by atoms with Crippen molar-refractivity contribution in [1.82, 2.24) is 0 Å². The number of hydrogen-bond acceptors (Lipinski definition) is 2. The summed E-state index contributed by atoms with van der Waals surface area (Å²) in [6.07, 6.45) is 2.05. The standard InChI is InChI=1S/C12H17BrOS/c1-3-4-7-15-12-8-10(13)5-6-11(12)9(2)14/h5-6,8-9,14H,3-4,7H2,1-2H3. The molecule has 0 fully saturated rings. The van der Waals surface area contributed by atoms with Gasteiger partial charge in [0.2, 0.25) is 0 Å². The minimum atomic E-state index is -0.387. The minimum absolute atomic E-state index is 0.387. The Morgan fingerprint density at radius 1 is 1.47 bits per heavy atom. The van der Waals surface area contributed by atoms with Crippen LogP contribution < -0.4 is 0 Å². The van der Waals surface area contributed by atoms with E-state index in [1.165, 1.54) is 17.7 Å². The Morgan fingerprint density at radius 3 is 2.80 bits per heavy atom. The highest BCUT2D eigenvalue weighted by Crippen LogP contribution is 2.30. The minimum Gasteiger partial charge on any atom is -0.389 e. The van der Waals surface area contributed by atoms with E-state index >= 15 is 0 Å². The maximum Gasteiger partial charge on any atom is 0.0772 e.